The molecule has 1 aromatic rings. The van der Waals surface area contributed by atoms with Crippen LogP contribution in [0.3, 0.4) is 0 Å². The molecule has 6 nitrogen and oxygen atoms in total. The van der Waals surface area contributed by atoms with E-state index in [1.165, 1.54) is 11.1 Å². The van der Waals surface area contributed by atoms with Gasteiger partial charge in [0.2, 0.25) is 5.91 Å². The number of benzene rings is 1. The molecular formula is C25H39N3O3. The van der Waals surface area contributed by atoms with E-state index in [1.54, 1.807) is 4.90 Å². The number of ether oxygens (including phenoxy) is 1. The number of hydrogen-bond acceptors (Lipinski definition) is 4. The Hall–Kier alpha value is -2.08. The molecule has 2 amide bonds. The summed E-state index contributed by atoms with van der Waals surface area (Å²) in [6.07, 6.45) is 3.13. The van der Waals surface area contributed by atoms with Gasteiger partial charge in [-0.2, -0.15) is 0 Å². The number of hydrogen-bond donors (Lipinski definition) is 0. The van der Waals surface area contributed by atoms with Crippen molar-refractivity contribution in [3.05, 3.63) is 35.4 Å². The van der Waals surface area contributed by atoms with Gasteiger partial charge in [-0.05, 0) is 64.0 Å². The first-order chi connectivity index (χ1) is 14.7. The summed E-state index contributed by atoms with van der Waals surface area (Å²) in [4.78, 5) is 31.5. The number of piperidine rings is 1. The summed E-state index contributed by atoms with van der Waals surface area (Å²) in [5.41, 5.74) is 2.24. The smallest absolute Gasteiger partial charge is 0.410 e. The number of likely N-dealkylation sites (tertiary alicyclic amines) is 1. The first-order valence-electron chi connectivity index (χ1n) is 11.7. The fraction of sp³-hybridized carbons (Fsp3) is 0.680. The third-order valence-electron chi connectivity index (χ3n) is 6.33. The molecule has 3 rings (SSSR count). The maximum Gasteiger partial charge on any atom is 0.410 e. The van der Waals surface area contributed by atoms with Crippen molar-refractivity contribution >= 4 is 12.0 Å². The largest absolute Gasteiger partial charge is 0.444 e. The summed E-state index contributed by atoms with van der Waals surface area (Å²) in [7, 11) is 0. The molecule has 172 valence electrons. The third kappa shape index (κ3) is 7.23. The standard InChI is InChI=1S/C25H39N3O3/c1-20-8-5-6-9-22(20)19-26-12-7-13-27(17-16-26)23(29)18-21-10-14-28(15-11-21)24(30)31-25(2,3)4/h5-6,8-9,21H,7,10-19H2,1-4H3. The Morgan fingerprint density at radius 1 is 0.968 bits per heavy atom. The number of nitrogens with zero attached hydrogens (tertiary/aromatic N) is 3. The third-order valence-corrected chi connectivity index (χ3v) is 6.33. The molecule has 2 heterocycles. The van der Waals surface area contributed by atoms with Crippen LogP contribution in [-0.4, -0.2) is 71.6 Å². The summed E-state index contributed by atoms with van der Waals surface area (Å²) >= 11 is 0. The van der Waals surface area contributed by atoms with Crippen LogP contribution in [0.1, 0.15) is 57.6 Å². The van der Waals surface area contributed by atoms with E-state index >= 15 is 0 Å². The summed E-state index contributed by atoms with van der Waals surface area (Å²) in [6.45, 7) is 13.8. The molecule has 0 N–H and O–H groups in total. The van der Waals surface area contributed by atoms with E-state index in [4.69, 9.17) is 4.74 Å². The molecule has 0 radical (unpaired) electrons. The SMILES string of the molecule is Cc1ccccc1CN1CCCN(C(=O)CC2CCN(C(=O)OC(C)(C)C)CC2)CC1. The molecule has 0 unspecified atom stereocenters. The van der Waals surface area contributed by atoms with E-state index in [1.807, 2.05) is 20.8 Å². The lowest BCUT2D eigenvalue weighted by Gasteiger charge is -2.34. The van der Waals surface area contributed by atoms with Crippen molar-refractivity contribution in [2.75, 3.05) is 39.3 Å². The molecule has 0 bridgehead atoms. The number of amides is 2. The first-order valence-corrected chi connectivity index (χ1v) is 11.7. The first kappa shape index (κ1) is 23.6. The number of aryl methyl sites for hydroxylation is 1. The minimum Gasteiger partial charge on any atom is -0.444 e. The normalized spacial score (nSPS) is 19.2. The Labute approximate surface area is 187 Å². The summed E-state index contributed by atoms with van der Waals surface area (Å²) in [5, 5.41) is 0. The number of carbonyl (C=O) groups is 2. The zero-order valence-electron chi connectivity index (χ0n) is 19.7. The van der Waals surface area contributed by atoms with Gasteiger partial charge in [-0.3, -0.25) is 9.69 Å². The van der Waals surface area contributed by atoms with Gasteiger partial charge in [0.1, 0.15) is 5.60 Å². The van der Waals surface area contributed by atoms with E-state index < -0.39 is 5.60 Å². The summed E-state index contributed by atoms with van der Waals surface area (Å²) in [5.74, 6) is 0.631. The molecule has 1 aromatic carbocycles. The zero-order valence-corrected chi connectivity index (χ0v) is 19.7. The minimum atomic E-state index is -0.468. The monoisotopic (exact) mass is 429 g/mol. The van der Waals surface area contributed by atoms with E-state index in [2.05, 4.69) is 41.0 Å². The average molecular weight is 430 g/mol. The van der Waals surface area contributed by atoms with Crippen LogP contribution in [0.4, 0.5) is 4.79 Å². The quantitative estimate of drug-likeness (QED) is 0.724. The van der Waals surface area contributed by atoms with Crippen LogP contribution in [0.25, 0.3) is 0 Å². The molecule has 0 aromatic heterocycles. The second kappa shape index (κ2) is 10.5. The Bertz CT molecular complexity index is 751. The van der Waals surface area contributed by atoms with Crippen LogP contribution in [0, 0.1) is 12.8 Å². The predicted octanol–water partition coefficient (Wildman–Crippen LogP) is 4.07. The molecule has 0 spiro atoms. The highest BCUT2D eigenvalue weighted by molar-refractivity contribution is 5.76. The second-order valence-corrected chi connectivity index (χ2v) is 10.1. The molecule has 2 aliphatic rings. The molecule has 2 aliphatic heterocycles. The minimum absolute atomic E-state index is 0.237. The van der Waals surface area contributed by atoms with Gasteiger partial charge in [0.15, 0.2) is 0 Å². The second-order valence-electron chi connectivity index (χ2n) is 10.1. The molecule has 2 fully saturated rings. The van der Waals surface area contributed by atoms with Crippen LogP contribution in [0.5, 0.6) is 0 Å². The van der Waals surface area contributed by atoms with Gasteiger partial charge in [0, 0.05) is 52.2 Å². The topological polar surface area (TPSA) is 53.1 Å². The highest BCUT2D eigenvalue weighted by atomic mass is 16.6. The average Bonchev–Trinajstić information content (AvgIpc) is 2.95. The van der Waals surface area contributed by atoms with E-state index in [9.17, 15) is 9.59 Å². The number of rotatable bonds is 4. The Kier molecular flexibility index (Phi) is 7.98. The van der Waals surface area contributed by atoms with Crippen molar-refractivity contribution in [1.82, 2.24) is 14.7 Å². The fourth-order valence-electron chi connectivity index (χ4n) is 4.43. The molecule has 0 saturated carbocycles. The van der Waals surface area contributed by atoms with Gasteiger partial charge in [-0.15, -0.1) is 0 Å². The zero-order chi connectivity index (χ0) is 22.4. The van der Waals surface area contributed by atoms with Gasteiger partial charge in [-0.1, -0.05) is 24.3 Å². The van der Waals surface area contributed by atoms with Crippen molar-refractivity contribution in [3.8, 4) is 0 Å². The van der Waals surface area contributed by atoms with Crippen molar-refractivity contribution in [1.29, 1.82) is 0 Å². The van der Waals surface area contributed by atoms with E-state index in [0.29, 0.717) is 25.4 Å². The van der Waals surface area contributed by atoms with Crippen LogP contribution >= 0.6 is 0 Å². The van der Waals surface area contributed by atoms with Gasteiger partial charge in [0.25, 0.3) is 0 Å². The van der Waals surface area contributed by atoms with Crippen molar-refractivity contribution in [3.63, 3.8) is 0 Å². The molecule has 6 heteroatoms. The van der Waals surface area contributed by atoms with E-state index in [-0.39, 0.29) is 12.0 Å². The van der Waals surface area contributed by atoms with Crippen LogP contribution in [-0.2, 0) is 16.1 Å². The molecule has 2 saturated heterocycles. The Morgan fingerprint density at radius 2 is 1.68 bits per heavy atom. The lowest BCUT2D eigenvalue weighted by molar-refractivity contribution is -0.132. The maximum absolute atomic E-state index is 12.9. The van der Waals surface area contributed by atoms with Crippen LogP contribution in [0.15, 0.2) is 24.3 Å². The highest BCUT2D eigenvalue weighted by Gasteiger charge is 2.29. The molecule has 0 aliphatic carbocycles. The van der Waals surface area contributed by atoms with Gasteiger partial charge in [0.05, 0.1) is 0 Å². The van der Waals surface area contributed by atoms with Gasteiger partial charge >= 0.3 is 6.09 Å². The Balaban J connectivity index is 1.42. The lowest BCUT2D eigenvalue weighted by atomic mass is 9.93. The van der Waals surface area contributed by atoms with Crippen LogP contribution in [0.2, 0.25) is 0 Å². The van der Waals surface area contributed by atoms with E-state index in [0.717, 1.165) is 52.0 Å². The summed E-state index contributed by atoms with van der Waals surface area (Å²) < 4.78 is 5.47. The molecular weight excluding hydrogens is 390 g/mol. The summed E-state index contributed by atoms with van der Waals surface area (Å²) in [6, 6.07) is 8.55. The molecule has 0 atom stereocenters. The number of carbonyl (C=O) groups excluding carboxylic acids is 2. The van der Waals surface area contributed by atoms with Gasteiger partial charge < -0.3 is 14.5 Å². The molecule has 31 heavy (non-hydrogen) atoms. The fourth-order valence-corrected chi connectivity index (χ4v) is 4.43. The highest BCUT2D eigenvalue weighted by Crippen LogP contribution is 2.23. The lowest BCUT2D eigenvalue weighted by Crippen LogP contribution is -2.43. The predicted molar refractivity (Wildman–Crippen MR) is 123 cm³/mol. The van der Waals surface area contributed by atoms with Crippen molar-refractivity contribution in [2.45, 2.75) is 65.5 Å². The van der Waals surface area contributed by atoms with Crippen LogP contribution < -0.4 is 0 Å². The van der Waals surface area contributed by atoms with Gasteiger partial charge in [-0.25, -0.2) is 4.79 Å². The Morgan fingerprint density at radius 3 is 2.35 bits per heavy atom. The maximum atomic E-state index is 12.9. The van der Waals surface area contributed by atoms with Crippen molar-refractivity contribution in [2.24, 2.45) is 5.92 Å². The van der Waals surface area contributed by atoms with Crippen molar-refractivity contribution < 1.29 is 14.3 Å².